The van der Waals surface area contributed by atoms with Crippen molar-refractivity contribution in [3.8, 4) is 33.6 Å². The van der Waals surface area contributed by atoms with Gasteiger partial charge in [0, 0.05) is 42.2 Å². The molecule has 0 unspecified atom stereocenters. The van der Waals surface area contributed by atoms with Crippen LogP contribution in [0.25, 0.3) is 33.6 Å². The van der Waals surface area contributed by atoms with Crippen molar-refractivity contribution in [3.05, 3.63) is 220 Å². The van der Waals surface area contributed by atoms with Gasteiger partial charge >= 0.3 is 7.12 Å². The van der Waals surface area contributed by atoms with Crippen LogP contribution in [0.5, 0.6) is 0 Å². The molecule has 5 aromatic carbocycles. The van der Waals surface area contributed by atoms with E-state index in [0.717, 1.165) is 25.9 Å². The fourth-order valence-electron chi connectivity index (χ4n) is 8.86. The van der Waals surface area contributed by atoms with Crippen molar-refractivity contribution >= 4 is 78.6 Å². The molecule has 0 radical (unpaired) electrons. The summed E-state index contributed by atoms with van der Waals surface area (Å²) in [5.74, 6) is 0. The fourth-order valence-corrected chi connectivity index (χ4v) is 10.8. The van der Waals surface area contributed by atoms with Gasteiger partial charge in [-0.2, -0.15) is 0 Å². The van der Waals surface area contributed by atoms with Gasteiger partial charge in [0.25, 0.3) is 0 Å². The van der Waals surface area contributed by atoms with Crippen molar-refractivity contribution in [2.75, 3.05) is 0 Å². The Kier molecular flexibility index (Phi) is 20.2. The van der Waals surface area contributed by atoms with Gasteiger partial charge in [-0.05, 0) is 224 Å². The van der Waals surface area contributed by atoms with Gasteiger partial charge in [-0.15, -0.1) is 0 Å². The zero-order chi connectivity index (χ0) is 48.5. The molecule has 0 amide bonds. The second-order valence-corrected chi connectivity index (χ2v) is 21.1. The Morgan fingerprint density at radius 3 is 1.41 bits per heavy atom. The number of aryl methyl sites for hydroxylation is 8. The molecule has 0 aliphatic heterocycles. The number of benzene rings is 5. The highest BCUT2D eigenvalue weighted by molar-refractivity contribution is 14.1. The Labute approximate surface area is 444 Å². The molecule has 69 heavy (non-hydrogen) atoms. The molecular formula is C59H58BBr2ClIN3O2. The van der Waals surface area contributed by atoms with Gasteiger partial charge in [0.2, 0.25) is 0 Å². The van der Waals surface area contributed by atoms with Gasteiger partial charge in [-0.3, -0.25) is 9.97 Å². The summed E-state index contributed by atoms with van der Waals surface area (Å²) in [6.45, 7) is 4.01. The molecule has 8 aromatic rings. The summed E-state index contributed by atoms with van der Waals surface area (Å²) in [5.41, 5.74) is 18.6. The second-order valence-electron chi connectivity index (χ2n) is 17.6. The molecule has 0 saturated heterocycles. The quantitative estimate of drug-likeness (QED) is 0.104. The SMILES string of the molecule is Brc1cccc(-c2cc3c(cn2)CCCC3)c1.Brc1cccc(I)c1.Cc1ccccc1-c1cccc(-c2cc3c(cn2)CCCC3)c1.Cc1ccccc1B(O)O.Clc1cc2c(cn1)CCCC2. The van der Waals surface area contributed by atoms with Gasteiger partial charge in [0.1, 0.15) is 5.15 Å². The van der Waals surface area contributed by atoms with Crippen LogP contribution in [0.3, 0.4) is 0 Å². The van der Waals surface area contributed by atoms with Gasteiger partial charge in [0.05, 0.1) is 11.4 Å². The van der Waals surface area contributed by atoms with E-state index in [1.165, 1.54) is 142 Å². The fraction of sp³-hybridized carbons (Fsp3) is 0.237. The van der Waals surface area contributed by atoms with E-state index in [-0.39, 0.29) is 0 Å². The van der Waals surface area contributed by atoms with Gasteiger partial charge in [-0.1, -0.05) is 134 Å². The average Bonchev–Trinajstić information content (AvgIpc) is 3.37. The van der Waals surface area contributed by atoms with E-state index in [4.69, 9.17) is 26.6 Å². The van der Waals surface area contributed by atoms with Crippen molar-refractivity contribution in [3.63, 3.8) is 0 Å². The summed E-state index contributed by atoms with van der Waals surface area (Å²) in [5, 5.41) is 18.2. The predicted octanol–water partition coefficient (Wildman–Crippen LogP) is 15.3. The van der Waals surface area contributed by atoms with Crippen LogP contribution < -0.4 is 5.46 Å². The third kappa shape index (κ3) is 15.8. The minimum Gasteiger partial charge on any atom is -0.423 e. The highest BCUT2D eigenvalue weighted by Crippen LogP contribution is 2.31. The summed E-state index contributed by atoms with van der Waals surface area (Å²) >= 11 is 14.9. The first-order valence-corrected chi connectivity index (χ1v) is 26.9. The Balaban J connectivity index is 0.000000135. The zero-order valence-electron chi connectivity index (χ0n) is 39.3. The van der Waals surface area contributed by atoms with Gasteiger partial charge in [-0.25, -0.2) is 4.98 Å². The van der Waals surface area contributed by atoms with Crippen LogP contribution in [-0.4, -0.2) is 32.1 Å². The summed E-state index contributed by atoms with van der Waals surface area (Å²) in [4.78, 5) is 13.4. The van der Waals surface area contributed by atoms with Gasteiger partial charge < -0.3 is 10.0 Å². The van der Waals surface area contributed by atoms with Crippen molar-refractivity contribution in [2.45, 2.75) is 90.9 Å². The maximum atomic E-state index is 8.76. The van der Waals surface area contributed by atoms with Gasteiger partial charge in [0.15, 0.2) is 0 Å². The van der Waals surface area contributed by atoms with Crippen LogP contribution in [0.1, 0.15) is 83.0 Å². The first-order valence-electron chi connectivity index (χ1n) is 23.8. The number of nitrogens with zero attached hydrogens (tertiary/aromatic N) is 3. The number of hydrogen-bond donors (Lipinski definition) is 2. The molecule has 5 nitrogen and oxygen atoms in total. The Morgan fingerprint density at radius 1 is 0.464 bits per heavy atom. The molecule has 0 spiro atoms. The molecule has 0 bridgehead atoms. The lowest BCUT2D eigenvalue weighted by atomic mass is 9.77. The number of pyridine rings is 3. The second kappa shape index (κ2) is 26.6. The van der Waals surface area contributed by atoms with E-state index in [1.54, 1.807) is 12.1 Å². The number of rotatable bonds is 4. The van der Waals surface area contributed by atoms with E-state index in [1.807, 2.05) is 49.5 Å². The maximum Gasteiger partial charge on any atom is 0.488 e. The molecule has 352 valence electrons. The number of hydrogen-bond acceptors (Lipinski definition) is 5. The van der Waals surface area contributed by atoms with E-state index < -0.39 is 7.12 Å². The van der Waals surface area contributed by atoms with Crippen LogP contribution in [0.2, 0.25) is 5.15 Å². The first kappa shape index (κ1) is 52.3. The largest absolute Gasteiger partial charge is 0.488 e. The van der Waals surface area contributed by atoms with E-state index >= 15 is 0 Å². The Hall–Kier alpha value is -4.49. The van der Waals surface area contributed by atoms with E-state index in [9.17, 15) is 0 Å². The molecule has 0 saturated carbocycles. The highest BCUT2D eigenvalue weighted by atomic mass is 127. The molecule has 0 atom stereocenters. The van der Waals surface area contributed by atoms with Crippen molar-refractivity contribution in [1.29, 1.82) is 0 Å². The standard InChI is InChI=1S/C22H21N.C15H14BrN.C9H10ClN.C7H9BO2.C6H4BrI/c1-16-7-2-5-12-21(16)18-10-6-11-19(13-18)22-14-17-8-3-4-9-20(17)15-23-22;16-14-7-3-6-12(8-14)15-9-11-4-1-2-5-13(11)10-17-15;10-9-5-7-3-1-2-4-8(7)6-11-9;1-6-4-2-3-5-7(6)8(9)10;7-5-2-1-3-6(8)4-5/h2,5-7,10-15H,3-4,8-9H2,1H3;3,6-10H,1-2,4-5H2;5-6H,1-4H2;2-5,9-10H,1H3;1-4H. The van der Waals surface area contributed by atoms with Crippen LogP contribution in [0, 0.1) is 17.4 Å². The summed E-state index contributed by atoms with van der Waals surface area (Å²) < 4.78 is 3.51. The smallest absolute Gasteiger partial charge is 0.423 e. The third-order valence-corrected chi connectivity index (χ3v) is 14.5. The molecule has 11 rings (SSSR count). The molecule has 3 aliphatic rings. The molecule has 3 aliphatic carbocycles. The lowest BCUT2D eigenvalue weighted by molar-refractivity contribution is 0.425. The molecule has 3 aromatic heterocycles. The zero-order valence-corrected chi connectivity index (χ0v) is 45.4. The third-order valence-electron chi connectivity index (χ3n) is 12.6. The Morgan fingerprint density at radius 2 is 0.913 bits per heavy atom. The minimum absolute atomic E-state index is 0.572. The highest BCUT2D eigenvalue weighted by Gasteiger charge is 2.14. The lowest BCUT2D eigenvalue weighted by Gasteiger charge is -2.16. The average molecular weight is 1170 g/mol. The van der Waals surface area contributed by atoms with E-state index in [0.29, 0.717) is 10.6 Å². The van der Waals surface area contributed by atoms with E-state index in [2.05, 4.69) is 175 Å². The molecular weight excluding hydrogens is 1120 g/mol. The molecule has 3 heterocycles. The predicted molar refractivity (Wildman–Crippen MR) is 304 cm³/mol. The Bertz CT molecular complexity index is 2930. The molecule has 10 heteroatoms. The minimum atomic E-state index is -1.35. The van der Waals surface area contributed by atoms with Crippen molar-refractivity contribution < 1.29 is 10.0 Å². The van der Waals surface area contributed by atoms with Crippen LogP contribution in [0.4, 0.5) is 0 Å². The normalized spacial score (nSPS) is 13.1. The van der Waals surface area contributed by atoms with Crippen molar-refractivity contribution in [2.24, 2.45) is 0 Å². The first-order chi connectivity index (χ1) is 33.5. The summed E-state index contributed by atoms with van der Waals surface area (Å²) in [7, 11) is -1.35. The van der Waals surface area contributed by atoms with Crippen LogP contribution in [-0.2, 0) is 38.5 Å². The summed E-state index contributed by atoms with van der Waals surface area (Å²) in [6.07, 6.45) is 21.0. The van der Waals surface area contributed by atoms with Crippen LogP contribution >= 0.6 is 66.1 Å². The monoisotopic (exact) mass is 1170 g/mol. The molecule has 0 fully saturated rings. The number of halogens is 4. The van der Waals surface area contributed by atoms with Crippen LogP contribution in [0.15, 0.2) is 167 Å². The van der Waals surface area contributed by atoms with Crippen molar-refractivity contribution in [1.82, 2.24) is 15.0 Å². The number of fused-ring (bicyclic) bond motifs is 3. The lowest BCUT2D eigenvalue weighted by Crippen LogP contribution is -2.31. The maximum absolute atomic E-state index is 8.76. The topological polar surface area (TPSA) is 79.1 Å². The number of aromatic nitrogens is 3. The summed E-state index contributed by atoms with van der Waals surface area (Å²) in [6, 6.07) is 47.5. The molecule has 2 N–H and O–H groups in total.